The van der Waals surface area contributed by atoms with Crippen LogP contribution < -0.4 is 4.74 Å². The fourth-order valence-electron chi connectivity index (χ4n) is 2.65. The fraction of sp³-hybridized carbons (Fsp3) is 0.167. The molecule has 2 aromatic carbocycles. The maximum absolute atomic E-state index is 12.1. The number of aryl methyl sites for hydroxylation is 1. The Hall–Kier alpha value is -2.55. The molecule has 3 rings (SSSR count). The molecular weight excluding hydrogens is 262 g/mol. The van der Waals surface area contributed by atoms with Crippen molar-refractivity contribution in [2.45, 2.75) is 13.8 Å². The number of rotatable bonds is 3. The van der Waals surface area contributed by atoms with Gasteiger partial charge >= 0.3 is 0 Å². The minimum atomic E-state index is 0.0673. The van der Waals surface area contributed by atoms with Crippen LogP contribution in [0.3, 0.4) is 0 Å². The molecule has 0 unspecified atom stereocenters. The molecule has 21 heavy (non-hydrogen) atoms. The molecule has 0 amide bonds. The van der Waals surface area contributed by atoms with Gasteiger partial charge in [-0.15, -0.1) is 0 Å². The zero-order chi connectivity index (χ0) is 15.0. The van der Waals surface area contributed by atoms with Crippen molar-refractivity contribution in [3.05, 3.63) is 53.6 Å². The number of hydrogen-bond donors (Lipinski definition) is 1. The highest BCUT2D eigenvalue weighted by Crippen LogP contribution is 2.32. The van der Waals surface area contributed by atoms with Gasteiger partial charge in [0.1, 0.15) is 5.75 Å². The summed E-state index contributed by atoms with van der Waals surface area (Å²) in [5.74, 6) is 0.868. The smallest absolute Gasteiger partial charge is 0.162 e. The molecule has 0 aliphatic carbocycles. The summed E-state index contributed by atoms with van der Waals surface area (Å²) in [6.45, 7) is 3.64. The first kappa shape index (κ1) is 13.4. The van der Waals surface area contributed by atoms with Gasteiger partial charge in [-0.3, -0.25) is 4.79 Å². The van der Waals surface area contributed by atoms with E-state index in [9.17, 15) is 4.79 Å². The van der Waals surface area contributed by atoms with E-state index >= 15 is 0 Å². The largest absolute Gasteiger partial charge is 0.497 e. The lowest BCUT2D eigenvalue weighted by Crippen LogP contribution is -1.94. The van der Waals surface area contributed by atoms with Crippen LogP contribution >= 0.6 is 0 Å². The maximum Gasteiger partial charge on any atom is 0.162 e. The number of methoxy groups -OCH3 is 1. The van der Waals surface area contributed by atoms with Crippen LogP contribution in [0.2, 0.25) is 0 Å². The van der Waals surface area contributed by atoms with E-state index in [1.807, 2.05) is 43.3 Å². The van der Waals surface area contributed by atoms with Crippen molar-refractivity contribution in [2.75, 3.05) is 7.11 Å². The van der Waals surface area contributed by atoms with E-state index in [0.29, 0.717) is 0 Å². The normalized spacial score (nSPS) is 10.8. The number of benzene rings is 2. The number of hydrogen-bond acceptors (Lipinski definition) is 2. The Morgan fingerprint density at radius 1 is 1.10 bits per heavy atom. The molecule has 0 saturated heterocycles. The van der Waals surface area contributed by atoms with Gasteiger partial charge in [-0.05, 0) is 55.8 Å². The molecule has 0 spiro atoms. The number of nitrogens with one attached hydrogen (secondary N) is 1. The van der Waals surface area contributed by atoms with Crippen LogP contribution in [0.25, 0.3) is 22.2 Å². The molecule has 0 radical (unpaired) electrons. The van der Waals surface area contributed by atoms with Gasteiger partial charge in [0.25, 0.3) is 0 Å². The molecule has 106 valence electrons. The minimum absolute atomic E-state index is 0.0673. The number of carbonyl (C=O) groups is 1. The number of Topliss-reactive ketones (excluding diaryl/α,β-unsaturated/α-hetero) is 1. The van der Waals surface area contributed by atoms with Crippen molar-refractivity contribution >= 4 is 16.7 Å². The van der Waals surface area contributed by atoms with E-state index in [4.69, 9.17) is 4.74 Å². The Bertz CT molecular complexity index is 813. The molecule has 0 aliphatic rings. The van der Waals surface area contributed by atoms with Crippen molar-refractivity contribution in [1.82, 2.24) is 4.98 Å². The Kier molecular flexibility index (Phi) is 3.26. The molecule has 1 N–H and O–H groups in total. The summed E-state index contributed by atoms with van der Waals surface area (Å²) in [5.41, 5.74) is 4.72. The van der Waals surface area contributed by atoms with Gasteiger partial charge in [-0.25, -0.2) is 0 Å². The van der Waals surface area contributed by atoms with Crippen LogP contribution in [0.1, 0.15) is 22.8 Å². The Morgan fingerprint density at radius 3 is 2.43 bits per heavy atom. The fourth-order valence-corrected chi connectivity index (χ4v) is 2.65. The highest BCUT2D eigenvalue weighted by Gasteiger charge is 2.16. The lowest BCUT2D eigenvalue weighted by Gasteiger charge is -2.04. The molecule has 3 nitrogen and oxygen atoms in total. The van der Waals surface area contributed by atoms with Crippen LogP contribution in [0.15, 0.2) is 42.5 Å². The standard InChI is InChI=1S/C18H17NO2/c1-11-4-9-16-15(10-11)17(12(2)20)18(19-16)13-5-7-14(21-3)8-6-13/h4-10,19H,1-3H3. The van der Waals surface area contributed by atoms with Crippen molar-refractivity contribution in [2.24, 2.45) is 0 Å². The topological polar surface area (TPSA) is 42.1 Å². The number of H-pyrrole nitrogens is 1. The zero-order valence-corrected chi connectivity index (χ0v) is 12.4. The van der Waals surface area contributed by atoms with Gasteiger partial charge in [0, 0.05) is 10.9 Å². The van der Waals surface area contributed by atoms with Crippen molar-refractivity contribution in [3.63, 3.8) is 0 Å². The van der Waals surface area contributed by atoms with Crippen molar-refractivity contribution < 1.29 is 9.53 Å². The van der Waals surface area contributed by atoms with Crippen molar-refractivity contribution in [3.8, 4) is 17.0 Å². The van der Waals surface area contributed by atoms with Crippen LogP contribution in [-0.2, 0) is 0 Å². The van der Waals surface area contributed by atoms with E-state index in [1.54, 1.807) is 14.0 Å². The molecule has 1 aromatic heterocycles. The number of aromatic nitrogens is 1. The minimum Gasteiger partial charge on any atom is -0.497 e. The first-order valence-electron chi connectivity index (χ1n) is 6.88. The Morgan fingerprint density at radius 2 is 1.81 bits per heavy atom. The van der Waals surface area contributed by atoms with Crippen LogP contribution in [0.4, 0.5) is 0 Å². The van der Waals surface area contributed by atoms with Gasteiger partial charge in [0.05, 0.1) is 18.4 Å². The predicted molar refractivity (Wildman–Crippen MR) is 85.0 cm³/mol. The van der Waals surface area contributed by atoms with Gasteiger partial charge < -0.3 is 9.72 Å². The second-order valence-corrected chi connectivity index (χ2v) is 5.21. The molecular formula is C18H17NO2. The molecule has 0 saturated carbocycles. The molecule has 3 aromatic rings. The summed E-state index contributed by atoms with van der Waals surface area (Å²) in [5, 5.41) is 0.980. The van der Waals surface area contributed by atoms with Gasteiger partial charge in [-0.1, -0.05) is 11.6 Å². The molecule has 1 heterocycles. The quantitative estimate of drug-likeness (QED) is 0.724. The predicted octanol–water partition coefficient (Wildman–Crippen LogP) is 4.35. The Labute approximate surface area is 123 Å². The highest BCUT2D eigenvalue weighted by atomic mass is 16.5. The highest BCUT2D eigenvalue weighted by molar-refractivity contribution is 6.12. The molecule has 0 fully saturated rings. The van der Waals surface area contributed by atoms with E-state index in [2.05, 4.69) is 11.1 Å². The van der Waals surface area contributed by atoms with E-state index in [0.717, 1.165) is 39.0 Å². The van der Waals surface area contributed by atoms with E-state index in [1.165, 1.54) is 0 Å². The third kappa shape index (κ3) is 2.31. The molecule has 0 aliphatic heterocycles. The first-order chi connectivity index (χ1) is 10.1. The van der Waals surface area contributed by atoms with Crippen molar-refractivity contribution in [1.29, 1.82) is 0 Å². The van der Waals surface area contributed by atoms with Gasteiger partial charge in [-0.2, -0.15) is 0 Å². The second kappa shape index (κ2) is 5.09. The second-order valence-electron chi connectivity index (χ2n) is 5.21. The van der Waals surface area contributed by atoms with Crippen LogP contribution in [-0.4, -0.2) is 17.9 Å². The van der Waals surface area contributed by atoms with E-state index in [-0.39, 0.29) is 5.78 Å². The average Bonchev–Trinajstić information content (AvgIpc) is 2.86. The summed E-state index contributed by atoms with van der Waals surface area (Å²) < 4.78 is 5.18. The molecule has 0 bridgehead atoms. The maximum atomic E-state index is 12.1. The molecule has 3 heteroatoms. The SMILES string of the molecule is COc1ccc(-c2[nH]c3ccc(C)cc3c2C(C)=O)cc1. The van der Waals surface area contributed by atoms with E-state index < -0.39 is 0 Å². The Balaban J connectivity index is 2.25. The third-order valence-corrected chi connectivity index (χ3v) is 3.68. The lowest BCUT2D eigenvalue weighted by molar-refractivity contribution is 0.102. The number of ketones is 1. The summed E-state index contributed by atoms with van der Waals surface area (Å²) in [4.78, 5) is 15.5. The number of fused-ring (bicyclic) bond motifs is 1. The summed E-state index contributed by atoms with van der Waals surface area (Å²) >= 11 is 0. The molecule has 0 atom stereocenters. The first-order valence-corrected chi connectivity index (χ1v) is 6.88. The number of aromatic amines is 1. The summed E-state index contributed by atoms with van der Waals surface area (Å²) in [6, 6.07) is 13.8. The summed E-state index contributed by atoms with van der Waals surface area (Å²) in [7, 11) is 1.64. The van der Waals surface area contributed by atoms with Gasteiger partial charge in [0.15, 0.2) is 5.78 Å². The number of carbonyl (C=O) groups excluding carboxylic acids is 1. The zero-order valence-electron chi connectivity index (χ0n) is 12.4. The van der Waals surface area contributed by atoms with Gasteiger partial charge in [0.2, 0.25) is 0 Å². The third-order valence-electron chi connectivity index (χ3n) is 3.68. The average molecular weight is 279 g/mol. The lowest BCUT2D eigenvalue weighted by atomic mass is 10.0. The number of ether oxygens (including phenoxy) is 1. The van der Waals surface area contributed by atoms with Crippen LogP contribution in [0, 0.1) is 6.92 Å². The monoisotopic (exact) mass is 279 g/mol. The van der Waals surface area contributed by atoms with Crippen LogP contribution in [0.5, 0.6) is 5.75 Å². The summed E-state index contributed by atoms with van der Waals surface area (Å²) in [6.07, 6.45) is 0.